The molecule has 1 aromatic rings. The SMILES string of the molecule is CCC(CNC(=O)OC(C)(C)C)NCc1cn(CCO)nn1. The molecule has 126 valence electrons. The molecule has 0 saturated carbocycles. The molecule has 0 bridgehead atoms. The van der Waals surface area contributed by atoms with Gasteiger partial charge in [0, 0.05) is 25.3 Å². The summed E-state index contributed by atoms with van der Waals surface area (Å²) < 4.78 is 6.79. The Labute approximate surface area is 131 Å². The van der Waals surface area contributed by atoms with Crippen molar-refractivity contribution in [3.8, 4) is 0 Å². The minimum Gasteiger partial charge on any atom is -0.444 e. The molecule has 8 heteroatoms. The third-order valence-electron chi connectivity index (χ3n) is 2.87. The van der Waals surface area contributed by atoms with Crippen molar-refractivity contribution in [2.45, 2.75) is 58.8 Å². The lowest BCUT2D eigenvalue weighted by Crippen LogP contribution is -2.42. The van der Waals surface area contributed by atoms with E-state index in [-0.39, 0.29) is 12.6 Å². The summed E-state index contributed by atoms with van der Waals surface area (Å²) in [6, 6.07) is 0.121. The summed E-state index contributed by atoms with van der Waals surface area (Å²) in [5, 5.41) is 22.8. The molecule has 8 nitrogen and oxygen atoms in total. The number of ether oxygens (including phenoxy) is 1. The Kier molecular flexibility index (Phi) is 7.26. The number of carbonyl (C=O) groups excluding carboxylic acids is 1. The van der Waals surface area contributed by atoms with E-state index in [1.165, 1.54) is 0 Å². The van der Waals surface area contributed by atoms with Crippen LogP contribution < -0.4 is 10.6 Å². The molecule has 0 fully saturated rings. The van der Waals surface area contributed by atoms with Crippen LogP contribution in [0, 0.1) is 0 Å². The fourth-order valence-corrected chi connectivity index (χ4v) is 1.76. The van der Waals surface area contributed by atoms with E-state index in [0.717, 1.165) is 12.1 Å². The van der Waals surface area contributed by atoms with Crippen molar-refractivity contribution in [3.05, 3.63) is 11.9 Å². The summed E-state index contributed by atoms with van der Waals surface area (Å²) >= 11 is 0. The second kappa shape index (κ2) is 8.70. The Balaban J connectivity index is 2.33. The first-order valence-corrected chi connectivity index (χ1v) is 7.54. The smallest absolute Gasteiger partial charge is 0.407 e. The van der Waals surface area contributed by atoms with Gasteiger partial charge in [-0.3, -0.25) is 0 Å². The van der Waals surface area contributed by atoms with E-state index in [1.54, 1.807) is 10.9 Å². The van der Waals surface area contributed by atoms with Crippen LogP contribution in [0.5, 0.6) is 0 Å². The van der Waals surface area contributed by atoms with E-state index >= 15 is 0 Å². The number of nitrogens with zero attached hydrogens (tertiary/aromatic N) is 3. The largest absolute Gasteiger partial charge is 0.444 e. The zero-order valence-corrected chi connectivity index (χ0v) is 13.8. The number of nitrogens with one attached hydrogen (secondary N) is 2. The second-order valence-electron chi connectivity index (χ2n) is 6.07. The van der Waals surface area contributed by atoms with E-state index in [2.05, 4.69) is 20.9 Å². The summed E-state index contributed by atoms with van der Waals surface area (Å²) in [6.45, 7) is 9.04. The van der Waals surface area contributed by atoms with E-state index in [9.17, 15) is 4.79 Å². The fraction of sp³-hybridized carbons (Fsp3) is 0.786. The first-order chi connectivity index (χ1) is 10.3. The van der Waals surface area contributed by atoms with Crippen molar-refractivity contribution in [1.29, 1.82) is 0 Å². The number of aliphatic hydroxyl groups is 1. The molecule has 0 aliphatic carbocycles. The van der Waals surface area contributed by atoms with Gasteiger partial charge in [-0.25, -0.2) is 9.48 Å². The summed E-state index contributed by atoms with van der Waals surface area (Å²) in [4.78, 5) is 11.6. The van der Waals surface area contributed by atoms with Gasteiger partial charge in [0.05, 0.1) is 18.8 Å². The van der Waals surface area contributed by atoms with Crippen LogP contribution >= 0.6 is 0 Å². The lowest BCUT2D eigenvalue weighted by molar-refractivity contribution is 0.0522. The van der Waals surface area contributed by atoms with Gasteiger partial charge in [0.2, 0.25) is 0 Å². The maximum absolute atomic E-state index is 11.6. The molecule has 1 atom stereocenters. The van der Waals surface area contributed by atoms with Gasteiger partial charge < -0.3 is 20.5 Å². The second-order valence-corrected chi connectivity index (χ2v) is 6.07. The summed E-state index contributed by atoms with van der Waals surface area (Å²) in [7, 11) is 0. The predicted octanol–water partition coefficient (Wildman–Crippen LogP) is 0.663. The van der Waals surface area contributed by atoms with Gasteiger partial charge in [-0.05, 0) is 27.2 Å². The number of amides is 1. The first kappa shape index (κ1) is 18.4. The van der Waals surface area contributed by atoms with Gasteiger partial charge in [-0.1, -0.05) is 12.1 Å². The molecule has 0 spiro atoms. The molecule has 1 aromatic heterocycles. The van der Waals surface area contributed by atoms with E-state index in [4.69, 9.17) is 9.84 Å². The van der Waals surface area contributed by atoms with Crippen molar-refractivity contribution in [3.63, 3.8) is 0 Å². The van der Waals surface area contributed by atoms with Crippen molar-refractivity contribution in [1.82, 2.24) is 25.6 Å². The molecule has 0 aliphatic rings. The highest BCUT2D eigenvalue weighted by Crippen LogP contribution is 2.06. The van der Waals surface area contributed by atoms with Crippen LogP contribution in [0.4, 0.5) is 4.79 Å². The van der Waals surface area contributed by atoms with E-state index in [1.807, 2.05) is 27.7 Å². The van der Waals surface area contributed by atoms with Gasteiger partial charge in [0.1, 0.15) is 5.60 Å². The highest BCUT2D eigenvalue weighted by Gasteiger charge is 2.17. The van der Waals surface area contributed by atoms with Crippen LogP contribution in [0.3, 0.4) is 0 Å². The van der Waals surface area contributed by atoms with Gasteiger partial charge >= 0.3 is 6.09 Å². The summed E-state index contributed by atoms with van der Waals surface area (Å²) in [6.07, 6.45) is 2.24. The van der Waals surface area contributed by atoms with Crippen molar-refractivity contribution in [2.24, 2.45) is 0 Å². The monoisotopic (exact) mass is 313 g/mol. The van der Waals surface area contributed by atoms with Crippen LogP contribution in [-0.4, -0.2) is 51.0 Å². The van der Waals surface area contributed by atoms with E-state index in [0.29, 0.717) is 19.6 Å². The fourth-order valence-electron chi connectivity index (χ4n) is 1.76. The molecule has 3 N–H and O–H groups in total. The highest BCUT2D eigenvalue weighted by molar-refractivity contribution is 5.67. The van der Waals surface area contributed by atoms with Crippen LogP contribution in [0.1, 0.15) is 39.8 Å². The number of aliphatic hydroxyl groups excluding tert-OH is 1. The first-order valence-electron chi connectivity index (χ1n) is 7.54. The topological polar surface area (TPSA) is 101 Å². The summed E-state index contributed by atoms with van der Waals surface area (Å²) in [5.41, 5.74) is 0.300. The quantitative estimate of drug-likeness (QED) is 0.652. The molecule has 1 rings (SSSR count). The summed E-state index contributed by atoms with van der Waals surface area (Å²) in [5.74, 6) is 0. The van der Waals surface area contributed by atoms with Crippen LogP contribution in [0.25, 0.3) is 0 Å². The zero-order valence-electron chi connectivity index (χ0n) is 13.8. The number of hydrogen-bond donors (Lipinski definition) is 3. The minimum absolute atomic E-state index is 0.0353. The third kappa shape index (κ3) is 7.37. The number of hydrogen-bond acceptors (Lipinski definition) is 6. The highest BCUT2D eigenvalue weighted by atomic mass is 16.6. The van der Waals surface area contributed by atoms with Crippen molar-refractivity contribution >= 4 is 6.09 Å². The third-order valence-corrected chi connectivity index (χ3v) is 2.87. The average Bonchev–Trinajstić information content (AvgIpc) is 2.85. The molecule has 0 aliphatic heterocycles. The molecule has 1 amide bonds. The molecule has 1 heterocycles. The van der Waals surface area contributed by atoms with Crippen molar-refractivity contribution in [2.75, 3.05) is 13.2 Å². The molecule has 22 heavy (non-hydrogen) atoms. The molecular weight excluding hydrogens is 286 g/mol. The molecule has 0 aromatic carbocycles. The average molecular weight is 313 g/mol. The molecule has 0 radical (unpaired) electrons. The Bertz CT molecular complexity index is 456. The van der Waals surface area contributed by atoms with Crippen LogP contribution in [-0.2, 0) is 17.8 Å². The molecule has 1 unspecified atom stereocenters. The number of aromatic nitrogens is 3. The predicted molar refractivity (Wildman–Crippen MR) is 82.3 cm³/mol. The maximum Gasteiger partial charge on any atom is 0.407 e. The van der Waals surface area contributed by atoms with Crippen molar-refractivity contribution < 1.29 is 14.6 Å². The standard InChI is InChI=1S/C14H27N5O3/c1-5-11(8-16-13(21)22-14(2,3)4)15-9-12-10-19(6-7-20)18-17-12/h10-11,15,20H,5-9H2,1-4H3,(H,16,21). The van der Waals surface area contributed by atoms with E-state index < -0.39 is 11.7 Å². The molecular formula is C14H27N5O3. The van der Waals surface area contributed by atoms with Gasteiger partial charge in [0.15, 0.2) is 0 Å². The normalized spacial score (nSPS) is 13.0. The van der Waals surface area contributed by atoms with Gasteiger partial charge in [-0.15, -0.1) is 5.10 Å². The maximum atomic E-state index is 11.6. The lowest BCUT2D eigenvalue weighted by Gasteiger charge is -2.22. The Morgan fingerprint density at radius 3 is 2.82 bits per heavy atom. The number of alkyl carbamates (subject to hydrolysis) is 1. The number of rotatable bonds is 8. The lowest BCUT2D eigenvalue weighted by atomic mass is 10.2. The Hall–Kier alpha value is -1.67. The Morgan fingerprint density at radius 2 is 2.23 bits per heavy atom. The Morgan fingerprint density at radius 1 is 1.50 bits per heavy atom. The van der Waals surface area contributed by atoms with Gasteiger partial charge in [-0.2, -0.15) is 0 Å². The number of carbonyl (C=O) groups is 1. The van der Waals surface area contributed by atoms with Crippen LogP contribution in [0.2, 0.25) is 0 Å². The molecule has 0 saturated heterocycles. The van der Waals surface area contributed by atoms with Gasteiger partial charge in [0.25, 0.3) is 0 Å². The van der Waals surface area contributed by atoms with Crippen LogP contribution in [0.15, 0.2) is 6.20 Å². The zero-order chi connectivity index (χ0) is 16.6. The minimum atomic E-state index is -0.496.